The number of rotatable bonds is 5. The Labute approximate surface area is 113 Å². The molecule has 18 heavy (non-hydrogen) atoms. The van der Waals surface area contributed by atoms with E-state index in [0.29, 0.717) is 0 Å². The van der Waals surface area contributed by atoms with Crippen LogP contribution in [0.3, 0.4) is 0 Å². The van der Waals surface area contributed by atoms with E-state index in [1.807, 2.05) is 29.6 Å². The lowest BCUT2D eigenvalue weighted by Gasteiger charge is -2.10. The Bertz CT molecular complexity index is 566. The van der Waals surface area contributed by atoms with Crippen LogP contribution in [0.15, 0.2) is 29.6 Å². The molecule has 0 aromatic carbocycles. The third kappa shape index (κ3) is 2.79. The molecule has 0 fully saturated rings. The molecule has 0 spiro atoms. The maximum absolute atomic E-state index is 11.3. The number of thiophene rings is 2. The number of primary amides is 1. The van der Waals surface area contributed by atoms with Crippen LogP contribution in [0, 0.1) is 12.3 Å². The highest BCUT2D eigenvalue weighted by Crippen LogP contribution is 2.34. The quantitative estimate of drug-likeness (QED) is 0.854. The fourth-order valence-electron chi connectivity index (χ4n) is 1.48. The first-order valence-corrected chi connectivity index (χ1v) is 6.90. The van der Waals surface area contributed by atoms with Crippen molar-refractivity contribution in [2.75, 3.05) is 6.61 Å². The van der Waals surface area contributed by atoms with E-state index in [2.05, 4.69) is 5.92 Å². The van der Waals surface area contributed by atoms with Crippen molar-refractivity contribution in [3.8, 4) is 22.1 Å². The summed E-state index contributed by atoms with van der Waals surface area (Å²) in [5.41, 5.74) is 5.31. The van der Waals surface area contributed by atoms with Gasteiger partial charge in [-0.1, -0.05) is 12.0 Å². The maximum Gasteiger partial charge on any atom is 0.252 e. The van der Waals surface area contributed by atoms with E-state index in [1.165, 1.54) is 11.3 Å². The Morgan fingerprint density at radius 1 is 1.44 bits per heavy atom. The second-order valence-corrected chi connectivity index (χ2v) is 5.54. The number of amides is 1. The number of terminal acetylenes is 1. The molecule has 1 atom stereocenters. The molecule has 2 N–H and O–H groups in total. The van der Waals surface area contributed by atoms with Gasteiger partial charge in [0.1, 0.15) is 6.61 Å². The number of nitrogens with two attached hydrogens (primary N) is 1. The van der Waals surface area contributed by atoms with E-state index < -0.39 is 12.0 Å². The Morgan fingerprint density at radius 2 is 2.28 bits per heavy atom. The molecule has 0 bridgehead atoms. The highest BCUT2D eigenvalue weighted by Gasteiger charge is 2.20. The summed E-state index contributed by atoms with van der Waals surface area (Å²) in [6.07, 6.45) is 4.35. The first-order chi connectivity index (χ1) is 8.72. The Kier molecular flexibility index (Phi) is 4.15. The lowest BCUT2D eigenvalue weighted by molar-refractivity contribution is -0.128. The summed E-state index contributed by atoms with van der Waals surface area (Å²) in [7, 11) is 0. The fraction of sp³-hybridized carbons (Fsp3) is 0.154. The molecule has 0 saturated heterocycles. The topological polar surface area (TPSA) is 52.3 Å². The van der Waals surface area contributed by atoms with Crippen LogP contribution in [0.5, 0.6) is 0 Å². The number of carbonyl (C=O) groups excluding carboxylic acids is 1. The van der Waals surface area contributed by atoms with E-state index in [4.69, 9.17) is 16.9 Å². The Hall–Kier alpha value is -1.61. The van der Waals surface area contributed by atoms with Crippen LogP contribution >= 0.6 is 22.7 Å². The lowest BCUT2D eigenvalue weighted by Crippen LogP contribution is -2.23. The summed E-state index contributed by atoms with van der Waals surface area (Å²) >= 11 is 3.14. The normalized spacial score (nSPS) is 11.9. The van der Waals surface area contributed by atoms with Gasteiger partial charge in [0.05, 0.1) is 0 Å². The van der Waals surface area contributed by atoms with E-state index >= 15 is 0 Å². The average molecular weight is 277 g/mol. The van der Waals surface area contributed by atoms with Gasteiger partial charge in [0.25, 0.3) is 5.91 Å². The van der Waals surface area contributed by atoms with Crippen LogP contribution in [0.2, 0.25) is 0 Å². The fourth-order valence-corrected chi connectivity index (χ4v) is 3.38. The number of hydrogen-bond donors (Lipinski definition) is 1. The van der Waals surface area contributed by atoms with Gasteiger partial charge >= 0.3 is 0 Å². The van der Waals surface area contributed by atoms with E-state index in [0.717, 1.165) is 14.6 Å². The number of ether oxygens (including phenoxy) is 1. The molecule has 0 aliphatic heterocycles. The van der Waals surface area contributed by atoms with Gasteiger partial charge in [-0.25, -0.2) is 0 Å². The van der Waals surface area contributed by atoms with Gasteiger partial charge in [0.2, 0.25) is 0 Å². The molecule has 5 heteroatoms. The van der Waals surface area contributed by atoms with E-state index in [1.54, 1.807) is 11.3 Å². The van der Waals surface area contributed by atoms with Crippen LogP contribution in [0.1, 0.15) is 11.0 Å². The van der Waals surface area contributed by atoms with Crippen LogP contribution in [-0.2, 0) is 9.53 Å². The monoisotopic (exact) mass is 277 g/mol. The minimum Gasteiger partial charge on any atom is -0.367 e. The van der Waals surface area contributed by atoms with Gasteiger partial charge in [-0.05, 0) is 23.6 Å². The van der Waals surface area contributed by atoms with Crippen molar-refractivity contribution < 1.29 is 9.53 Å². The van der Waals surface area contributed by atoms with Gasteiger partial charge in [-0.15, -0.1) is 29.1 Å². The van der Waals surface area contributed by atoms with Crippen molar-refractivity contribution >= 4 is 28.6 Å². The molecule has 1 amide bonds. The Morgan fingerprint density at radius 3 is 2.89 bits per heavy atom. The van der Waals surface area contributed by atoms with E-state index in [9.17, 15) is 4.79 Å². The predicted molar refractivity (Wildman–Crippen MR) is 74.4 cm³/mol. The molecule has 0 aliphatic carbocycles. The van der Waals surface area contributed by atoms with E-state index in [-0.39, 0.29) is 6.61 Å². The first-order valence-electron chi connectivity index (χ1n) is 5.20. The minimum atomic E-state index is -0.764. The van der Waals surface area contributed by atoms with Crippen molar-refractivity contribution in [2.45, 2.75) is 6.10 Å². The maximum atomic E-state index is 11.3. The lowest BCUT2D eigenvalue weighted by atomic mass is 10.2. The smallest absolute Gasteiger partial charge is 0.252 e. The van der Waals surface area contributed by atoms with Crippen LogP contribution in [0.25, 0.3) is 9.75 Å². The number of carbonyl (C=O) groups is 1. The number of hydrogen-bond acceptors (Lipinski definition) is 4. The third-order valence-electron chi connectivity index (χ3n) is 2.24. The van der Waals surface area contributed by atoms with Crippen molar-refractivity contribution in [2.24, 2.45) is 5.73 Å². The van der Waals surface area contributed by atoms with Crippen LogP contribution in [-0.4, -0.2) is 12.5 Å². The SMILES string of the molecule is C#CCOC(C(N)=O)c1ccc(-c2cccs2)s1. The van der Waals surface area contributed by atoms with Gasteiger partial charge in [-0.3, -0.25) is 4.79 Å². The standard InChI is InChI=1S/C13H11NO2S2/c1-2-7-16-12(13(14)15)11-6-5-10(18-11)9-4-3-8-17-9/h1,3-6,8,12H,7H2,(H2,14,15). The highest BCUT2D eigenvalue weighted by atomic mass is 32.1. The van der Waals surface area contributed by atoms with Crippen LogP contribution < -0.4 is 5.73 Å². The van der Waals surface area contributed by atoms with Crippen molar-refractivity contribution in [1.82, 2.24) is 0 Å². The summed E-state index contributed by atoms with van der Waals surface area (Å²) in [4.78, 5) is 14.4. The van der Waals surface area contributed by atoms with Gasteiger partial charge in [0, 0.05) is 14.6 Å². The predicted octanol–water partition coefficient (Wildman–Crippen LogP) is 2.65. The summed E-state index contributed by atoms with van der Waals surface area (Å²) in [6.45, 7) is 0.0693. The minimum absolute atomic E-state index is 0.0693. The molecule has 92 valence electrons. The van der Waals surface area contributed by atoms with Crippen molar-refractivity contribution in [1.29, 1.82) is 0 Å². The zero-order valence-electron chi connectivity index (χ0n) is 9.46. The molecule has 2 aromatic heterocycles. The molecular formula is C13H11NO2S2. The molecule has 0 radical (unpaired) electrons. The molecule has 3 nitrogen and oxygen atoms in total. The summed E-state index contributed by atoms with van der Waals surface area (Å²) in [5, 5.41) is 2.01. The molecule has 0 saturated carbocycles. The first kappa shape index (κ1) is 12.8. The molecule has 2 rings (SSSR count). The van der Waals surface area contributed by atoms with Gasteiger partial charge in [-0.2, -0.15) is 0 Å². The van der Waals surface area contributed by atoms with Crippen molar-refractivity contribution in [3.63, 3.8) is 0 Å². The summed E-state index contributed by atoms with van der Waals surface area (Å²) < 4.78 is 5.27. The van der Waals surface area contributed by atoms with Crippen LogP contribution in [0.4, 0.5) is 0 Å². The average Bonchev–Trinajstić information content (AvgIpc) is 2.99. The molecular weight excluding hydrogens is 266 g/mol. The summed E-state index contributed by atoms with van der Waals surface area (Å²) in [5.74, 6) is 1.81. The zero-order valence-corrected chi connectivity index (χ0v) is 11.1. The highest BCUT2D eigenvalue weighted by molar-refractivity contribution is 7.21. The molecule has 0 aliphatic rings. The van der Waals surface area contributed by atoms with Gasteiger partial charge < -0.3 is 10.5 Å². The summed E-state index contributed by atoms with van der Waals surface area (Å²) in [6, 6.07) is 7.83. The third-order valence-corrected chi connectivity index (χ3v) is 4.44. The largest absolute Gasteiger partial charge is 0.367 e. The zero-order chi connectivity index (χ0) is 13.0. The molecule has 2 heterocycles. The van der Waals surface area contributed by atoms with Crippen molar-refractivity contribution in [3.05, 3.63) is 34.5 Å². The Balaban J connectivity index is 2.22. The second-order valence-electron chi connectivity index (χ2n) is 3.48. The second kappa shape index (κ2) is 5.83. The molecule has 2 aromatic rings. The molecule has 1 unspecified atom stereocenters. The van der Waals surface area contributed by atoms with Gasteiger partial charge in [0.15, 0.2) is 6.10 Å².